The SMILES string of the molecule is CC1Cc2ccccc2C(CNN)C1. The number of hydrogen-bond acceptors (Lipinski definition) is 2. The number of benzene rings is 1. The van der Waals surface area contributed by atoms with E-state index in [9.17, 15) is 0 Å². The first-order valence-electron chi connectivity index (χ1n) is 5.32. The van der Waals surface area contributed by atoms with Gasteiger partial charge in [0.1, 0.15) is 0 Å². The highest BCUT2D eigenvalue weighted by Gasteiger charge is 2.23. The van der Waals surface area contributed by atoms with Crippen LogP contribution in [-0.4, -0.2) is 6.54 Å². The summed E-state index contributed by atoms with van der Waals surface area (Å²) in [6.07, 6.45) is 2.47. The molecule has 0 heterocycles. The summed E-state index contributed by atoms with van der Waals surface area (Å²) in [5, 5.41) is 0. The summed E-state index contributed by atoms with van der Waals surface area (Å²) in [5.74, 6) is 6.79. The van der Waals surface area contributed by atoms with Crippen LogP contribution in [0.1, 0.15) is 30.4 Å². The zero-order valence-electron chi connectivity index (χ0n) is 8.66. The van der Waals surface area contributed by atoms with Gasteiger partial charge in [-0.05, 0) is 35.8 Å². The third kappa shape index (κ3) is 1.81. The maximum absolute atomic E-state index is 5.41. The van der Waals surface area contributed by atoms with Crippen LogP contribution in [0.2, 0.25) is 0 Å². The van der Waals surface area contributed by atoms with E-state index in [1.54, 1.807) is 0 Å². The predicted octanol–water partition coefficient (Wildman–Crippen LogP) is 1.82. The predicted molar refractivity (Wildman–Crippen MR) is 58.9 cm³/mol. The van der Waals surface area contributed by atoms with Gasteiger partial charge in [-0.3, -0.25) is 11.3 Å². The lowest BCUT2D eigenvalue weighted by Gasteiger charge is -2.29. The Labute approximate surface area is 85.5 Å². The van der Waals surface area contributed by atoms with E-state index in [1.165, 1.54) is 24.0 Å². The number of hydrazine groups is 1. The Hall–Kier alpha value is -0.860. The van der Waals surface area contributed by atoms with E-state index < -0.39 is 0 Å². The first kappa shape index (κ1) is 9.69. The van der Waals surface area contributed by atoms with Crippen LogP contribution in [0, 0.1) is 5.92 Å². The molecule has 0 aromatic heterocycles. The summed E-state index contributed by atoms with van der Waals surface area (Å²) >= 11 is 0. The Morgan fingerprint density at radius 2 is 2.21 bits per heavy atom. The molecular formula is C12H18N2. The van der Waals surface area contributed by atoms with Crippen molar-refractivity contribution in [2.45, 2.75) is 25.7 Å². The van der Waals surface area contributed by atoms with Crippen molar-refractivity contribution in [3.8, 4) is 0 Å². The van der Waals surface area contributed by atoms with Gasteiger partial charge in [0.25, 0.3) is 0 Å². The average Bonchev–Trinajstić information content (AvgIpc) is 2.18. The van der Waals surface area contributed by atoms with Crippen molar-refractivity contribution in [3.63, 3.8) is 0 Å². The third-order valence-electron chi connectivity index (χ3n) is 3.11. The van der Waals surface area contributed by atoms with Gasteiger partial charge in [0.2, 0.25) is 0 Å². The third-order valence-corrected chi connectivity index (χ3v) is 3.11. The molecule has 0 saturated carbocycles. The van der Waals surface area contributed by atoms with Crippen molar-refractivity contribution in [2.24, 2.45) is 11.8 Å². The second-order valence-electron chi connectivity index (χ2n) is 4.35. The topological polar surface area (TPSA) is 38.0 Å². The van der Waals surface area contributed by atoms with E-state index >= 15 is 0 Å². The number of hydrogen-bond donors (Lipinski definition) is 2. The highest BCUT2D eigenvalue weighted by atomic mass is 15.2. The van der Waals surface area contributed by atoms with E-state index in [0.29, 0.717) is 5.92 Å². The van der Waals surface area contributed by atoms with E-state index in [2.05, 4.69) is 36.6 Å². The lowest BCUT2D eigenvalue weighted by molar-refractivity contribution is 0.417. The van der Waals surface area contributed by atoms with Crippen LogP contribution in [0.15, 0.2) is 24.3 Å². The quantitative estimate of drug-likeness (QED) is 0.551. The van der Waals surface area contributed by atoms with Crippen molar-refractivity contribution >= 4 is 0 Å². The summed E-state index contributed by atoms with van der Waals surface area (Å²) in [6, 6.07) is 8.74. The first-order chi connectivity index (χ1) is 6.81. The Bertz CT molecular complexity index is 309. The minimum atomic E-state index is 0.597. The van der Waals surface area contributed by atoms with Crippen molar-refractivity contribution in [1.29, 1.82) is 0 Å². The molecule has 76 valence electrons. The summed E-state index contributed by atoms with van der Waals surface area (Å²) in [5.41, 5.74) is 5.79. The number of rotatable bonds is 2. The van der Waals surface area contributed by atoms with E-state index in [0.717, 1.165) is 12.5 Å². The van der Waals surface area contributed by atoms with Crippen molar-refractivity contribution in [2.75, 3.05) is 6.54 Å². The summed E-state index contributed by atoms with van der Waals surface area (Å²) in [4.78, 5) is 0. The second-order valence-corrected chi connectivity index (χ2v) is 4.35. The zero-order chi connectivity index (χ0) is 9.97. The van der Waals surface area contributed by atoms with Gasteiger partial charge in [-0.1, -0.05) is 31.2 Å². The summed E-state index contributed by atoms with van der Waals surface area (Å²) in [7, 11) is 0. The Kier molecular flexibility index (Phi) is 2.85. The molecule has 2 heteroatoms. The van der Waals surface area contributed by atoms with Crippen LogP contribution in [0.4, 0.5) is 0 Å². The first-order valence-corrected chi connectivity index (χ1v) is 5.32. The average molecular weight is 190 g/mol. The van der Waals surface area contributed by atoms with Crippen molar-refractivity contribution < 1.29 is 0 Å². The second kappa shape index (κ2) is 4.11. The molecule has 14 heavy (non-hydrogen) atoms. The van der Waals surface area contributed by atoms with Crippen LogP contribution >= 0.6 is 0 Å². The molecule has 1 aromatic rings. The highest BCUT2D eigenvalue weighted by Crippen LogP contribution is 2.33. The molecule has 0 aliphatic heterocycles. The molecular weight excluding hydrogens is 172 g/mol. The van der Waals surface area contributed by atoms with E-state index in [1.807, 2.05) is 0 Å². The number of nitrogens with two attached hydrogens (primary N) is 1. The van der Waals surface area contributed by atoms with Gasteiger partial charge in [-0.15, -0.1) is 0 Å². The molecule has 2 rings (SSSR count). The Balaban J connectivity index is 2.28. The summed E-state index contributed by atoms with van der Waals surface area (Å²) < 4.78 is 0. The van der Waals surface area contributed by atoms with Crippen molar-refractivity contribution in [3.05, 3.63) is 35.4 Å². The minimum absolute atomic E-state index is 0.597. The molecule has 2 unspecified atom stereocenters. The highest BCUT2D eigenvalue weighted by molar-refractivity contribution is 5.33. The van der Waals surface area contributed by atoms with Gasteiger partial charge in [0, 0.05) is 6.54 Å². The Morgan fingerprint density at radius 1 is 1.43 bits per heavy atom. The van der Waals surface area contributed by atoms with Crippen LogP contribution in [-0.2, 0) is 6.42 Å². The molecule has 1 aliphatic carbocycles. The number of fused-ring (bicyclic) bond motifs is 1. The van der Waals surface area contributed by atoms with Crippen LogP contribution < -0.4 is 11.3 Å². The lowest BCUT2D eigenvalue weighted by atomic mass is 9.78. The fourth-order valence-corrected chi connectivity index (χ4v) is 2.53. The standard InChI is InChI=1S/C12H18N2/c1-9-6-10-4-2-3-5-12(10)11(7-9)8-14-13/h2-5,9,11,14H,6-8,13H2,1H3. The lowest BCUT2D eigenvalue weighted by Crippen LogP contribution is -2.31. The van der Waals surface area contributed by atoms with Gasteiger partial charge in [0.05, 0.1) is 0 Å². The maximum atomic E-state index is 5.41. The molecule has 0 spiro atoms. The smallest absolute Gasteiger partial charge is 0.0166 e. The molecule has 3 N–H and O–H groups in total. The minimum Gasteiger partial charge on any atom is -0.271 e. The maximum Gasteiger partial charge on any atom is 0.0166 e. The normalized spacial score (nSPS) is 25.9. The van der Waals surface area contributed by atoms with Gasteiger partial charge >= 0.3 is 0 Å². The van der Waals surface area contributed by atoms with E-state index in [4.69, 9.17) is 5.84 Å². The molecule has 0 radical (unpaired) electrons. The van der Waals surface area contributed by atoms with Crippen LogP contribution in [0.25, 0.3) is 0 Å². The van der Waals surface area contributed by atoms with Crippen molar-refractivity contribution in [1.82, 2.24) is 5.43 Å². The van der Waals surface area contributed by atoms with Crippen LogP contribution in [0.3, 0.4) is 0 Å². The van der Waals surface area contributed by atoms with E-state index in [-0.39, 0.29) is 0 Å². The van der Waals surface area contributed by atoms with Crippen LogP contribution in [0.5, 0.6) is 0 Å². The van der Waals surface area contributed by atoms with Gasteiger partial charge in [0.15, 0.2) is 0 Å². The molecule has 2 nitrogen and oxygen atoms in total. The molecule has 0 bridgehead atoms. The molecule has 2 atom stereocenters. The number of nitrogens with one attached hydrogen (secondary N) is 1. The fourth-order valence-electron chi connectivity index (χ4n) is 2.53. The molecule has 0 fully saturated rings. The van der Waals surface area contributed by atoms with Gasteiger partial charge < -0.3 is 0 Å². The monoisotopic (exact) mass is 190 g/mol. The fraction of sp³-hybridized carbons (Fsp3) is 0.500. The zero-order valence-corrected chi connectivity index (χ0v) is 8.66. The molecule has 0 amide bonds. The Morgan fingerprint density at radius 3 is 3.00 bits per heavy atom. The molecule has 1 aromatic carbocycles. The van der Waals surface area contributed by atoms with Gasteiger partial charge in [-0.25, -0.2) is 0 Å². The molecule has 1 aliphatic rings. The van der Waals surface area contributed by atoms with Gasteiger partial charge in [-0.2, -0.15) is 0 Å². The summed E-state index contributed by atoms with van der Waals surface area (Å²) in [6.45, 7) is 3.21. The largest absolute Gasteiger partial charge is 0.271 e. The molecule has 0 saturated heterocycles.